The smallest absolute Gasteiger partial charge is 0.256 e. The number of nitrogen functional groups attached to an aromatic ring is 1. The highest BCUT2D eigenvalue weighted by Gasteiger charge is 2.32. The third kappa shape index (κ3) is 5.00. The molecule has 6 nitrogen and oxygen atoms in total. The average Bonchev–Trinajstić information content (AvgIpc) is 2.63. The first-order chi connectivity index (χ1) is 12.7. The number of anilines is 1. The molecule has 2 aromatic carbocycles. The van der Waals surface area contributed by atoms with Gasteiger partial charge in [0.15, 0.2) is 0 Å². The first kappa shape index (κ1) is 21.7. The number of hydrogen-bond donors (Lipinski definition) is 1. The number of hydrogen-bond acceptors (Lipinski definition) is 5. The van der Waals surface area contributed by atoms with Crippen LogP contribution in [0.15, 0.2) is 41.3 Å². The molecule has 27 heavy (non-hydrogen) atoms. The van der Waals surface area contributed by atoms with Gasteiger partial charge in [-0.3, -0.25) is 0 Å². The molecule has 2 rings (SSSR count). The van der Waals surface area contributed by atoms with Gasteiger partial charge in [0, 0.05) is 18.1 Å². The number of nitrogens with zero attached hydrogens (tertiary/aromatic N) is 1. The van der Waals surface area contributed by atoms with Gasteiger partial charge in [-0.2, -0.15) is 0 Å². The maximum Gasteiger partial charge on any atom is 0.256 e. The molecule has 0 amide bonds. The number of rotatable bonds is 10. The Kier molecular flexibility index (Phi) is 7.25. The summed E-state index contributed by atoms with van der Waals surface area (Å²) in [5.74, 6) is -0.185. The van der Waals surface area contributed by atoms with Crippen molar-refractivity contribution >= 4 is 36.5 Å². The molecule has 0 bridgehead atoms. The van der Waals surface area contributed by atoms with Crippen LogP contribution >= 0.6 is 0 Å². The summed E-state index contributed by atoms with van der Waals surface area (Å²) in [6, 6.07) is 9.80. The van der Waals surface area contributed by atoms with Crippen LogP contribution < -0.4 is 5.73 Å². The van der Waals surface area contributed by atoms with Gasteiger partial charge in [0.05, 0.1) is 10.6 Å². The Morgan fingerprint density at radius 1 is 0.889 bits per heavy atom. The summed E-state index contributed by atoms with van der Waals surface area (Å²) in [4.78, 5) is -0.0906. The first-order valence-corrected chi connectivity index (χ1v) is 12.3. The van der Waals surface area contributed by atoms with Gasteiger partial charge in [-0.25, -0.2) is 16.8 Å². The van der Waals surface area contributed by atoms with Crippen molar-refractivity contribution in [3.05, 3.63) is 36.4 Å². The molecule has 0 radical (unpaired) electrons. The van der Waals surface area contributed by atoms with E-state index in [2.05, 4.69) is 6.92 Å². The highest BCUT2D eigenvalue weighted by atomic mass is 32.3. The van der Waals surface area contributed by atoms with Crippen molar-refractivity contribution in [2.24, 2.45) is 0 Å². The molecule has 2 N–H and O–H groups in total. The Morgan fingerprint density at radius 3 is 2.15 bits per heavy atom. The SMILES string of the molecule is CCCCCCCCS(=O)(=O)N(C)S(=O)(=O)c1cccc2cccc(N)c12. The third-order valence-corrected chi connectivity index (χ3v) is 9.09. The minimum absolute atomic E-state index is 0.0906. The lowest BCUT2D eigenvalue weighted by Gasteiger charge is -2.19. The molecule has 0 aliphatic rings. The Hall–Kier alpha value is -1.64. The van der Waals surface area contributed by atoms with Crippen LogP contribution in [-0.2, 0) is 20.0 Å². The van der Waals surface area contributed by atoms with Gasteiger partial charge in [-0.15, -0.1) is 0 Å². The minimum Gasteiger partial charge on any atom is -0.398 e. The van der Waals surface area contributed by atoms with Crippen molar-refractivity contribution in [3.8, 4) is 0 Å². The van der Waals surface area contributed by atoms with Crippen LogP contribution in [-0.4, -0.2) is 33.3 Å². The zero-order valence-electron chi connectivity index (χ0n) is 15.9. The monoisotopic (exact) mass is 412 g/mol. The Labute approximate surface area is 162 Å². The van der Waals surface area contributed by atoms with Crippen molar-refractivity contribution < 1.29 is 16.8 Å². The maximum absolute atomic E-state index is 13.0. The van der Waals surface area contributed by atoms with Crippen molar-refractivity contribution in [1.29, 1.82) is 0 Å². The fourth-order valence-electron chi connectivity index (χ4n) is 3.03. The van der Waals surface area contributed by atoms with Crippen LogP contribution in [0.4, 0.5) is 5.69 Å². The van der Waals surface area contributed by atoms with Crippen molar-refractivity contribution in [2.75, 3.05) is 18.5 Å². The van der Waals surface area contributed by atoms with Gasteiger partial charge >= 0.3 is 0 Å². The van der Waals surface area contributed by atoms with Crippen LogP contribution in [0, 0.1) is 0 Å². The lowest BCUT2D eigenvalue weighted by molar-refractivity contribution is 0.522. The molecule has 150 valence electrons. The summed E-state index contributed by atoms with van der Waals surface area (Å²) < 4.78 is 51.7. The van der Waals surface area contributed by atoms with Crippen LogP contribution in [0.25, 0.3) is 10.8 Å². The van der Waals surface area contributed by atoms with Gasteiger partial charge in [0.2, 0.25) is 10.0 Å². The number of fused-ring (bicyclic) bond motifs is 1. The predicted molar refractivity (Wildman–Crippen MR) is 110 cm³/mol. The van der Waals surface area contributed by atoms with Crippen molar-refractivity contribution in [2.45, 2.75) is 50.3 Å². The zero-order chi connectivity index (χ0) is 20.1. The second kappa shape index (κ2) is 9.03. The van der Waals surface area contributed by atoms with E-state index in [1.807, 2.05) is 0 Å². The maximum atomic E-state index is 13.0. The van der Waals surface area contributed by atoms with E-state index in [0.29, 0.717) is 26.6 Å². The van der Waals surface area contributed by atoms with E-state index in [-0.39, 0.29) is 10.6 Å². The topological polar surface area (TPSA) is 97.5 Å². The lowest BCUT2D eigenvalue weighted by atomic mass is 10.1. The fraction of sp³-hybridized carbons (Fsp3) is 0.474. The molecule has 0 atom stereocenters. The molecule has 0 unspecified atom stereocenters. The molecule has 0 aliphatic carbocycles. The molecular weight excluding hydrogens is 384 g/mol. The van der Waals surface area contributed by atoms with Crippen molar-refractivity contribution in [1.82, 2.24) is 3.71 Å². The molecule has 0 heterocycles. The summed E-state index contributed by atoms with van der Waals surface area (Å²) in [5.41, 5.74) is 6.27. The molecule has 0 spiro atoms. The van der Waals surface area contributed by atoms with E-state index in [0.717, 1.165) is 39.2 Å². The summed E-state index contributed by atoms with van der Waals surface area (Å²) in [5, 5.41) is 0.999. The molecule has 0 saturated heterocycles. The Morgan fingerprint density at radius 2 is 1.48 bits per heavy atom. The van der Waals surface area contributed by atoms with Gasteiger partial charge in [0.25, 0.3) is 10.0 Å². The van der Waals surface area contributed by atoms with Gasteiger partial charge < -0.3 is 5.73 Å². The quantitative estimate of drug-likeness (QED) is 0.474. The standard InChI is InChI=1S/C19H28N2O4S2/c1-3-4-5-6-7-8-15-26(22,23)21(2)27(24,25)18-14-10-12-16-11-9-13-17(20)19(16)18/h9-14H,3-8,15,20H2,1-2H3. The van der Waals surface area contributed by atoms with E-state index in [4.69, 9.17) is 5.73 Å². The fourth-order valence-corrected chi connectivity index (χ4v) is 6.54. The second-order valence-electron chi connectivity index (χ2n) is 6.67. The molecule has 0 fully saturated rings. The third-order valence-electron chi connectivity index (χ3n) is 4.66. The number of nitrogens with two attached hydrogens (primary N) is 1. The minimum atomic E-state index is -4.23. The predicted octanol–water partition coefficient (Wildman–Crippen LogP) is 3.73. The number of unbranched alkanes of at least 4 members (excludes halogenated alkanes) is 5. The van der Waals surface area contributed by atoms with Gasteiger partial charge in [-0.1, -0.05) is 67.0 Å². The van der Waals surface area contributed by atoms with Crippen LogP contribution in [0.5, 0.6) is 0 Å². The van der Waals surface area contributed by atoms with E-state index in [9.17, 15) is 16.8 Å². The Bertz CT molecular complexity index is 981. The number of sulfonamides is 2. The molecule has 8 heteroatoms. The first-order valence-electron chi connectivity index (χ1n) is 9.21. The highest BCUT2D eigenvalue weighted by Crippen LogP contribution is 2.30. The summed E-state index contributed by atoms with van der Waals surface area (Å²) in [6.07, 6.45) is 5.49. The summed E-state index contributed by atoms with van der Waals surface area (Å²) in [7, 11) is -7.07. The van der Waals surface area contributed by atoms with Crippen molar-refractivity contribution in [3.63, 3.8) is 0 Å². The molecule has 0 aliphatic heterocycles. The van der Waals surface area contributed by atoms with E-state index in [1.165, 1.54) is 6.07 Å². The van der Waals surface area contributed by atoms with Crippen LogP contribution in [0.3, 0.4) is 0 Å². The van der Waals surface area contributed by atoms with E-state index < -0.39 is 20.0 Å². The Balaban J connectivity index is 2.23. The average molecular weight is 413 g/mol. The normalized spacial score (nSPS) is 12.7. The lowest BCUT2D eigenvalue weighted by Crippen LogP contribution is -2.35. The highest BCUT2D eigenvalue weighted by molar-refractivity contribution is 8.04. The molecular formula is C19H28N2O4S2. The van der Waals surface area contributed by atoms with Gasteiger partial charge in [-0.05, 0) is 23.9 Å². The summed E-state index contributed by atoms with van der Waals surface area (Å²) >= 11 is 0. The molecule has 0 aromatic heterocycles. The van der Waals surface area contributed by atoms with Crippen LogP contribution in [0.1, 0.15) is 45.4 Å². The second-order valence-corrected chi connectivity index (χ2v) is 11.0. The largest absolute Gasteiger partial charge is 0.398 e. The van der Waals surface area contributed by atoms with Gasteiger partial charge in [0.1, 0.15) is 0 Å². The van der Waals surface area contributed by atoms with E-state index in [1.54, 1.807) is 30.3 Å². The van der Waals surface area contributed by atoms with Crippen LogP contribution in [0.2, 0.25) is 0 Å². The zero-order valence-corrected chi connectivity index (χ0v) is 17.5. The number of benzene rings is 2. The molecule has 0 saturated carbocycles. The van der Waals surface area contributed by atoms with E-state index >= 15 is 0 Å². The molecule has 2 aromatic rings. The summed E-state index contributed by atoms with van der Waals surface area (Å²) in [6.45, 7) is 2.12.